The number of carbonyl (C=O) groups excluding carboxylic acids is 1. The number of hydrogen-bond donors (Lipinski definition) is 0. The van der Waals surface area contributed by atoms with Gasteiger partial charge in [0.05, 0.1) is 6.42 Å². The minimum Gasteiger partial charge on any atom is -0.454 e. The summed E-state index contributed by atoms with van der Waals surface area (Å²) in [4.78, 5) is 28.3. The second kappa shape index (κ2) is 8.38. The van der Waals surface area contributed by atoms with Crippen molar-refractivity contribution in [2.24, 2.45) is 0 Å². The predicted molar refractivity (Wildman–Crippen MR) is 113 cm³/mol. The fourth-order valence-electron chi connectivity index (χ4n) is 4.33. The van der Waals surface area contributed by atoms with Crippen LogP contribution in [-0.2, 0) is 11.2 Å². The van der Waals surface area contributed by atoms with Crippen LogP contribution in [0.2, 0.25) is 0 Å². The van der Waals surface area contributed by atoms with E-state index >= 15 is 0 Å². The van der Waals surface area contributed by atoms with Crippen LogP contribution in [0.15, 0.2) is 30.6 Å². The number of nitrogens with zero attached hydrogens (tertiary/aromatic N) is 5. The van der Waals surface area contributed by atoms with Crippen molar-refractivity contribution in [1.82, 2.24) is 14.9 Å². The van der Waals surface area contributed by atoms with Crippen molar-refractivity contribution in [2.45, 2.75) is 25.7 Å². The van der Waals surface area contributed by atoms with Crippen molar-refractivity contribution in [3.63, 3.8) is 0 Å². The molecule has 0 saturated carbocycles. The van der Waals surface area contributed by atoms with Crippen molar-refractivity contribution in [3.8, 4) is 11.5 Å². The van der Waals surface area contributed by atoms with E-state index in [0.29, 0.717) is 19.5 Å². The molecule has 158 valence electrons. The lowest BCUT2D eigenvalue weighted by Crippen LogP contribution is -2.49. The van der Waals surface area contributed by atoms with Crippen LogP contribution in [0.3, 0.4) is 0 Å². The van der Waals surface area contributed by atoms with Crippen LogP contribution in [0.5, 0.6) is 11.5 Å². The number of hydrogen-bond acceptors (Lipinski definition) is 7. The van der Waals surface area contributed by atoms with Gasteiger partial charge in [-0.05, 0) is 37.0 Å². The third-order valence-corrected chi connectivity index (χ3v) is 6.07. The van der Waals surface area contributed by atoms with Gasteiger partial charge in [-0.2, -0.15) is 0 Å². The second-order valence-corrected chi connectivity index (χ2v) is 8.01. The SMILES string of the molecule is O=C(Cc1ccc2c(c1)OCO2)N1CCN(c2cc(N3CCCCC3)ncn2)CC1. The molecule has 0 N–H and O–H groups in total. The number of amides is 1. The Kier molecular flexibility index (Phi) is 5.29. The van der Waals surface area contributed by atoms with Gasteiger partial charge in [0, 0.05) is 45.3 Å². The summed E-state index contributed by atoms with van der Waals surface area (Å²) in [5.74, 6) is 3.58. The molecular formula is C22H27N5O3. The molecule has 8 heteroatoms. The van der Waals surface area contributed by atoms with Crippen molar-refractivity contribution in [1.29, 1.82) is 0 Å². The van der Waals surface area contributed by atoms with E-state index in [-0.39, 0.29) is 12.7 Å². The Morgan fingerprint density at radius 1 is 0.833 bits per heavy atom. The molecule has 0 atom stereocenters. The molecule has 4 heterocycles. The van der Waals surface area contributed by atoms with Crippen molar-refractivity contribution in [3.05, 3.63) is 36.2 Å². The highest BCUT2D eigenvalue weighted by atomic mass is 16.7. The Balaban J connectivity index is 1.17. The first-order chi connectivity index (χ1) is 14.8. The van der Waals surface area contributed by atoms with Gasteiger partial charge < -0.3 is 24.2 Å². The van der Waals surface area contributed by atoms with Crippen LogP contribution in [0.25, 0.3) is 0 Å². The molecule has 0 radical (unpaired) electrons. The third-order valence-electron chi connectivity index (χ3n) is 6.07. The minimum absolute atomic E-state index is 0.144. The zero-order chi connectivity index (χ0) is 20.3. The van der Waals surface area contributed by atoms with Crippen LogP contribution in [0, 0.1) is 0 Å². The van der Waals surface area contributed by atoms with Crippen molar-refractivity contribution in [2.75, 3.05) is 55.9 Å². The number of fused-ring (bicyclic) bond motifs is 1. The van der Waals surface area contributed by atoms with Crippen LogP contribution >= 0.6 is 0 Å². The summed E-state index contributed by atoms with van der Waals surface area (Å²) in [7, 11) is 0. The highest BCUT2D eigenvalue weighted by Gasteiger charge is 2.24. The lowest BCUT2D eigenvalue weighted by atomic mass is 10.1. The summed E-state index contributed by atoms with van der Waals surface area (Å²) in [5.41, 5.74) is 0.952. The molecule has 0 aliphatic carbocycles. The molecule has 0 unspecified atom stereocenters. The summed E-state index contributed by atoms with van der Waals surface area (Å²) < 4.78 is 10.8. The molecule has 1 amide bonds. The quantitative estimate of drug-likeness (QED) is 0.766. The maximum Gasteiger partial charge on any atom is 0.231 e. The zero-order valence-corrected chi connectivity index (χ0v) is 17.1. The van der Waals surface area contributed by atoms with Gasteiger partial charge in [-0.25, -0.2) is 9.97 Å². The molecule has 2 fully saturated rings. The van der Waals surface area contributed by atoms with Crippen LogP contribution in [0.1, 0.15) is 24.8 Å². The standard InChI is InChI=1S/C22H27N5O3/c28-22(13-17-4-5-18-19(12-17)30-16-29-18)27-10-8-26(9-11-27)21-14-20(23-15-24-21)25-6-2-1-3-7-25/h4-5,12,14-15H,1-3,6-11,13,16H2. The minimum atomic E-state index is 0.144. The average Bonchev–Trinajstić information content (AvgIpc) is 3.28. The molecule has 1 aromatic carbocycles. The molecule has 2 saturated heterocycles. The Hall–Kier alpha value is -3.03. The van der Waals surface area contributed by atoms with Gasteiger partial charge in [-0.3, -0.25) is 4.79 Å². The number of piperazine rings is 1. The van der Waals surface area contributed by atoms with Gasteiger partial charge in [0.25, 0.3) is 0 Å². The maximum absolute atomic E-state index is 12.8. The van der Waals surface area contributed by atoms with Crippen LogP contribution < -0.4 is 19.3 Å². The number of benzene rings is 1. The summed E-state index contributed by atoms with van der Waals surface area (Å²) in [5, 5.41) is 0. The van der Waals surface area contributed by atoms with Crippen LogP contribution in [0.4, 0.5) is 11.6 Å². The van der Waals surface area contributed by atoms with Gasteiger partial charge in [-0.15, -0.1) is 0 Å². The number of ether oxygens (including phenoxy) is 2. The summed E-state index contributed by atoms with van der Waals surface area (Å²) in [6, 6.07) is 7.80. The topological polar surface area (TPSA) is 71.0 Å². The maximum atomic E-state index is 12.8. The van der Waals surface area contributed by atoms with Gasteiger partial charge in [-0.1, -0.05) is 6.07 Å². The molecular weight excluding hydrogens is 382 g/mol. The molecule has 2 aromatic rings. The number of anilines is 2. The van der Waals surface area contributed by atoms with Gasteiger partial charge in [0.15, 0.2) is 11.5 Å². The predicted octanol–water partition coefficient (Wildman–Crippen LogP) is 2.09. The van der Waals surface area contributed by atoms with E-state index < -0.39 is 0 Å². The first-order valence-corrected chi connectivity index (χ1v) is 10.7. The second-order valence-electron chi connectivity index (χ2n) is 8.01. The number of aromatic nitrogens is 2. The van der Waals surface area contributed by atoms with E-state index in [1.165, 1.54) is 19.3 Å². The summed E-state index contributed by atoms with van der Waals surface area (Å²) in [6.45, 7) is 5.35. The Bertz CT molecular complexity index is 907. The third kappa shape index (κ3) is 3.99. The normalized spacial score (nSPS) is 18.6. The fraction of sp³-hybridized carbons (Fsp3) is 0.500. The van der Waals surface area contributed by atoms with E-state index in [1.807, 2.05) is 23.1 Å². The molecule has 3 aliphatic rings. The Morgan fingerprint density at radius 3 is 2.30 bits per heavy atom. The molecule has 5 rings (SSSR count). The zero-order valence-electron chi connectivity index (χ0n) is 17.1. The van der Waals surface area contributed by atoms with E-state index in [1.54, 1.807) is 6.33 Å². The molecule has 1 aromatic heterocycles. The lowest BCUT2D eigenvalue weighted by molar-refractivity contribution is -0.130. The molecule has 0 bridgehead atoms. The highest BCUT2D eigenvalue weighted by molar-refractivity contribution is 5.79. The van der Waals surface area contributed by atoms with Crippen molar-refractivity contribution < 1.29 is 14.3 Å². The van der Waals surface area contributed by atoms with Crippen molar-refractivity contribution >= 4 is 17.5 Å². The highest BCUT2D eigenvalue weighted by Crippen LogP contribution is 2.32. The average molecular weight is 409 g/mol. The van der Waals surface area contributed by atoms with Gasteiger partial charge in [0.1, 0.15) is 18.0 Å². The summed E-state index contributed by atoms with van der Waals surface area (Å²) >= 11 is 0. The molecule has 3 aliphatic heterocycles. The fourth-order valence-corrected chi connectivity index (χ4v) is 4.33. The van der Waals surface area contributed by atoms with E-state index in [0.717, 1.165) is 54.9 Å². The number of piperidine rings is 1. The molecule has 8 nitrogen and oxygen atoms in total. The summed E-state index contributed by atoms with van der Waals surface area (Å²) in [6.07, 6.45) is 5.79. The van der Waals surface area contributed by atoms with Gasteiger partial charge in [0.2, 0.25) is 12.7 Å². The van der Waals surface area contributed by atoms with Crippen LogP contribution in [-0.4, -0.2) is 66.8 Å². The Morgan fingerprint density at radius 2 is 1.53 bits per heavy atom. The van der Waals surface area contributed by atoms with Gasteiger partial charge >= 0.3 is 0 Å². The first kappa shape index (κ1) is 19.0. The molecule has 30 heavy (non-hydrogen) atoms. The largest absolute Gasteiger partial charge is 0.454 e. The molecule has 0 spiro atoms. The number of carbonyl (C=O) groups is 1. The number of rotatable bonds is 4. The van der Waals surface area contributed by atoms with E-state index in [2.05, 4.69) is 25.8 Å². The van der Waals surface area contributed by atoms with E-state index in [9.17, 15) is 4.79 Å². The van der Waals surface area contributed by atoms with E-state index in [4.69, 9.17) is 9.47 Å². The smallest absolute Gasteiger partial charge is 0.231 e. The lowest BCUT2D eigenvalue weighted by Gasteiger charge is -2.36. The first-order valence-electron chi connectivity index (χ1n) is 10.7. The monoisotopic (exact) mass is 409 g/mol. The Labute approximate surface area is 176 Å².